The molecular weight excluding hydrogens is 196 g/mol. The summed E-state index contributed by atoms with van der Waals surface area (Å²) in [6.45, 7) is 6.02. The summed E-state index contributed by atoms with van der Waals surface area (Å²) < 4.78 is 0. The van der Waals surface area contributed by atoms with Crippen LogP contribution in [0.25, 0.3) is 0 Å². The number of rotatable bonds is 6. The van der Waals surface area contributed by atoms with E-state index in [0.29, 0.717) is 5.78 Å². The number of ketones is 1. The second-order valence-electron chi connectivity index (χ2n) is 4.46. The molecule has 0 radical (unpaired) electrons. The first-order valence-electron chi connectivity index (χ1n) is 6.24. The lowest BCUT2D eigenvalue weighted by Crippen LogP contribution is -2.33. The fourth-order valence-corrected chi connectivity index (χ4v) is 2.39. The van der Waals surface area contributed by atoms with Crippen LogP contribution in [0.3, 0.4) is 0 Å². The van der Waals surface area contributed by atoms with Gasteiger partial charge in [-0.3, -0.25) is 4.79 Å². The molecule has 0 spiro atoms. The first-order chi connectivity index (χ1) is 7.67. The van der Waals surface area contributed by atoms with E-state index in [-0.39, 0.29) is 5.41 Å². The van der Waals surface area contributed by atoms with Crippen LogP contribution in [-0.4, -0.2) is 5.78 Å². The highest BCUT2D eigenvalue weighted by Crippen LogP contribution is 2.34. The van der Waals surface area contributed by atoms with Gasteiger partial charge in [0.25, 0.3) is 0 Å². The second-order valence-corrected chi connectivity index (χ2v) is 4.46. The van der Waals surface area contributed by atoms with Crippen molar-refractivity contribution in [2.75, 3.05) is 0 Å². The molecule has 0 fully saturated rings. The highest BCUT2D eigenvalue weighted by Gasteiger charge is 2.34. The highest BCUT2D eigenvalue weighted by molar-refractivity contribution is 5.87. The SMILES string of the molecule is CCCCC(CC)(C(C)=O)c1ccccc1. The second kappa shape index (κ2) is 5.83. The minimum atomic E-state index is -0.253. The first-order valence-corrected chi connectivity index (χ1v) is 6.24. The molecule has 0 aromatic heterocycles. The lowest BCUT2D eigenvalue weighted by molar-refractivity contribution is -0.123. The molecule has 0 heterocycles. The Labute approximate surface area is 98.9 Å². The van der Waals surface area contributed by atoms with Gasteiger partial charge < -0.3 is 0 Å². The van der Waals surface area contributed by atoms with Crippen molar-refractivity contribution in [2.24, 2.45) is 0 Å². The summed E-state index contributed by atoms with van der Waals surface area (Å²) >= 11 is 0. The summed E-state index contributed by atoms with van der Waals surface area (Å²) in [4.78, 5) is 12.0. The van der Waals surface area contributed by atoms with Crippen LogP contribution < -0.4 is 0 Å². The number of Topliss-reactive ketones (excluding diaryl/α,β-unsaturated/α-hetero) is 1. The van der Waals surface area contributed by atoms with E-state index in [1.54, 1.807) is 6.92 Å². The van der Waals surface area contributed by atoms with Gasteiger partial charge in [-0.25, -0.2) is 0 Å². The van der Waals surface area contributed by atoms with Gasteiger partial charge in [0, 0.05) is 0 Å². The third-order valence-corrected chi connectivity index (χ3v) is 3.56. The number of carbonyl (C=O) groups excluding carboxylic acids is 1. The zero-order valence-corrected chi connectivity index (χ0v) is 10.6. The third kappa shape index (κ3) is 2.52. The van der Waals surface area contributed by atoms with Crippen molar-refractivity contribution >= 4 is 5.78 Å². The predicted molar refractivity (Wildman–Crippen MR) is 68.6 cm³/mol. The molecule has 0 aliphatic heterocycles. The zero-order valence-electron chi connectivity index (χ0n) is 10.6. The summed E-state index contributed by atoms with van der Waals surface area (Å²) in [6.07, 6.45) is 4.12. The molecule has 0 saturated carbocycles. The van der Waals surface area contributed by atoms with E-state index in [1.165, 1.54) is 5.56 Å². The van der Waals surface area contributed by atoms with Crippen molar-refractivity contribution in [1.82, 2.24) is 0 Å². The molecule has 1 nitrogen and oxygen atoms in total. The van der Waals surface area contributed by atoms with Crippen molar-refractivity contribution in [1.29, 1.82) is 0 Å². The van der Waals surface area contributed by atoms with Gasteiger partial charge in [0.05, 0.1) is 5.41 Å². The van der Waals surface area contributed by atoms with Crippen molar-refractivity contribution in [3.05, 3.63) is 35.9 Å². The van der Waals surface area contributed by atoms with Crippen LogP contribution in [0.2, 0.25) is 0 Å². The first kappa shape index (κ1) is 13.0. The molecule has 1 atom stereocenters. The Morgan fingerprint density at radius 1 is 1.19 bits per heavy atom. The maximum Gasteiger partial charge on any atom is 0.140 e. The maximum absolute atomic E-state index is 12.0. The van der Waals surface area contributed by atoms with Gasteiger partial charge in [0.1, 0.15) is 5.78 Å². The molecule has 1 aromatic rings. The average molecular weight is 218 g/mol. The standard InChI is InChI=1S/C15H22O/c1-4-6-12-15(5-2,13(3)16)14-10-8-7-9-11-14/h7-11H,4-6,12H2,1-3H3. The topological polar surface area (TPSA) is 17.1 Å². The Bertz CT molecular complexity index is 329. The van der Waals surface area contributed by atoms with Crippen LogP contribution in [0.15, 0.2) is 30.3 Å². The van der Waals surface area contributed by atoms with Gasteiger partial charge in [-0.2, -0.15) is 0 Å². The number of benzene rings is 1. The van der Waals surface area contributed by atoms with Gasteiger partial charge in [-0.1, -0.05) is 57.0 Å². The van der Waals surface area contributed by atoms with Crippen molar-refractivity contribution in [2.45, 2.75) is 51.9 Å². The summed E-state index contributed by atoms with van der Waals surface area (Å²) in [5, 5.41) is 0. The van der Waals surface area contributed by atoms with Gasteiger partial charge in [-0.15, -0.1) is 0 Å². The van der Waals surface area contributed by atoms with Gasteiger partial charge in [-0.05, 0) is 25.3 Å². The molecule has 1 unspecified atom stereocenters. The lowest BCUT2D eigenvalue weighted by Gasteiger charge is -2.30. The zero-order chi connectivity index (χ0) is 12.0. The van der Waals surface area contributed by atoms with Crippen LogP contribution in [-0.2, 0) is 10.2 Å². The number of hydrogen-bond acceptors (Lipinski definition) is 1. The quantitative estimate of drug-likeness (QED) is 0.702. The minimum Gasteiger partial charge on any atom is -0.299 e. The Kier molecular flexibility index (Phi) is 4.72. The fraction of sp³-hybridized carbons (Fsp3) is 0.533. The van der Waals surface area contributed by atoms with Crippen molar-refractivity contribution in [3.63, 3.8) is 0 Å². The molecule has 16 heavy (non-hydrogen) atoms. The Balaban J connectivity index is 3.07. The predicted octanol–water partition coefficient (Wildman–Crippen LogP) is 4.11. The molecule has 0 aliphatic rings. The molecule has 0 aliphatic carbocycles. The normalized spacial score (nSPS) is 14.4. The number of unbranched alkanes of at least 4 members (excludes halogenated alkanes) is 1. The Morgan fingerprint density at radius 3 is 2.25 bits per heavy atom. The van der Waals surface area contributed by atoms with Crippen LogP contribution in [0.1, 0.15) is 52.0 Å². The molecule has 88 valence electrons. The molecule has 1 aromatic carbocycles. The van der Waals surface area contributed by atoms with Gasteiger partial charge in [0.15, 0.2) is 0 Å². The molecule has 1 heteroatoms. The van der Waals surface area contributed by atoms with E-state index in [1.807, 2.05) is 18.2 Å². The Morgan fingerprint density at radius 2 is 1.81 bits per heavy atom. The third-order valence-electron chi connectivity index (χ3n) is 3.56. The molecule has 0 saturated heterocycles. The van der Waals surface area contributed by atoms with E-state index in [2.05, 4.69) is 26.0 Å². The number of carbonyl (C=O) groups is 1. The lowest BCUT2D eigenvalue weighted by atomic mass is 9.71. The van der Waals surface area contributed by atoms with Crippen LogP contribution >= 0.6 is 0 Å². The van der Waals surface area contributed by atoms with E-state index in [4.69, 9.17) is 0 Å². The maximum atomic E-state index is 12.0. The summed E-state index contributed by atoms with van der Waals surface area (Å²) in [6, 6.07) is 10.2. The molecule has 1 rings (SSSR count). The monoisotopic (exact) mass is 218 g/mol. The van der Waals surface area contributed by atoms with E-state index in [0.717, 1.165) is 25.7 Å². The fourth-order valence-electron chi connectivity index (χ4n) is 2.39. The van der Waals surface area contributed by atoms with Crippen LogP contribution in [0, 0.1) is 0 Å². The van der Waals surface area contributed by atoms with Crippen LogP contribution in [0.5, 0.6) is 0 Å². The van der Waals surface area contributed by atoms with Crippen LogP contribution in [0.4, 0.5) is 0 Å². The highest BCUT2D eigenvalue weighted by atomic mass is 16.1. The largest absolute Gasteiger partial charge is 0.299 e. The van der Waals surface area contributed by atoms with E-state index < -0.39 is 0 Å². The van der Waals surface area contributed by atoms with E-state index >= 15 is 0 Å². The minimum absolute atomic E-state index is 0.253. The summed E-state index contributed by atoms with van der Waals surface area (Å²) in [7, 11) is 0. The summed E-state index contributed by atoms with van der Waals surface area (Å²) in [5.41, 5.74) is 0.926. The van der Waals surface area contributed by atoms with Gasteiger partial charge in [0.2, 0.25) is 0 Å². The average Bonchev–Trinajstić information content (AvgIpc) is 2.31. The molecular formula is C15H22O. The van der Waals surface area contributed by atoms with E-state index in [9.17, 15) is 4.79 Å². The summed E-state index contributed by atoms with van der Waals surface area (Å²) in [5.74, 6) is 0.301. The van der Waals surface area contributed by atoms with Crippen molar-refractivity contribution < 1.29 is 4.79 Å². The smallest absolute Gasteiger partial charge is 0.140 e. The molecule has 0 bridgehead atoms. The molecule has 0 N–H and O–H groups in total. The Hall–Kier alpha value is -1.11. The van der Waals surface area contributed by atoms with Gasteiger partial charge >= 0.3 is 0 Å². The van der Waals surface area contributed by atoms with Crippen molar-refractivity contribution in [3.8, 4) is 0 Å². The number of hydrogen-bond donors (Lipinski definition) is 0. The molecule has 0 amide bonds.